The van der Waals surface area contributed by atoms with Crippen LogP contribution in [0.25, 0.3) is 6.08 Å². The fraction of sp³-hybridized carbons (Fsp3) is 0.393. The van der Waals surface area contributed by atoms with Crippen molar-refractivity contribution >= 4 is 52.9 Å². The second-order valence-corrected chi connectivity index (χ2v) is 10.3. The number of carboxylic acids is 1. The van der Waals surface area contributed by atoms with Gasteiger partial charge in [-0.2, -0.15) is 26.3 Å². The molecule has 3 rings (SSSR count). The number of carbonyl (C=O) groups excluding carboxylic acids is 2. The molecular formula is C28H30Cl2F6N4O4. The fourth-order valence-electron chi connectivity index (χ4n) is 3.85. The van der Waals surface area contributed by atoms with Crippen LogP contribution in [0.2, 0.25) is 10.0 Å². The zero-order chi connectivity index (χ0) is 32.9. The first-order valence-electron chi connectivity index (χ1n) is 13.2. The smallest absolute Gasteiger partial charge is 0.475 e. The van der Waals surface area contributed by atoms with Crippen molar-refractivity contribution in [2.45, 2.75) is 31.6 Å². The predicted molar refractivity (Wildman–Crippen MR) is 155 cm³/mol. The molecule has 16 heteroatoms. The van der Waals surface area contributed by atoms with E-state index in [1.54, 1.807) is 23.1 Å². The Hall–Kier alpha value is -3.49. The number of nitrogens with zero attached hydrogens (tertiary/aromatic N) is 2. The van der Waals surface area contributed by atoms with Gasteiger partial charge >= 0.3 is 24.4 Å². The number of rotatable bonds is 9. The van der Waals surface area contributed by atoms with Gasteiger partial charge in [0.25, 0.3) is 0 Å². The van der Waals surface area contributed by atoms with E-state index < -0.39 is 23.9 Å². The van der Waals surface area contributed by atoms with E-state index in [1.165, 1.54) is 24.3 Å². The van der Waals surface area contributed by atoms with Crippen LogP contribution in [0.5, 0.6) is 0 Å². The zero-order valence-electron chi connectivity index (χ0n) is 23.2. The molecule has 2 aromatic carbocycles. The SMILES string of the molecule is O=C(/C=C/c1cccc(C(F)(F)F)c1)NCCCCCN1CCN(C(=O)Nc2ccc(Cl)c(Cl)c2)CC1.O=C(O)C(F)(F)F. The molecule has 1 fully saturated rings. The number of carboxylic acid groups (broad SMARTS) is 1. The molecule has 0 unspecified atom stereocenters. The van der Waals surface area contributed by atoms with Crippen LogP contribution in [0.3, 0.4) is 0 Å². The summed E-state index contributed by atoms with van der Waals surface area (Å²) in [5.41, 5.74) is 0.167. The second kappa shape index (κ2) is 17.1. The third kappa shape index (κ3) is 13.4. The summed E-state index contributed by atoms with van der Waals surface area (Å²) in [4.78, 5) is 37.4. The summed E-state index contributed by atoms with van der Waals surface area (Å²) in [6.45, 7) is 4.22. The normalized spacial score (nSPS) is 14.1. The van der Waals surface area contributed by atoms with Crippen LogP contribution in [0.4, 0.5) is 36.8 Å². The van der Waals surface area contributed by atoms with Crippen molar-refractivity contribution in [2.24, 2.45) is 0 Å². The third-order valence-electron chi connectivity index (χ3n) is 6.16. The first kappa shape index (κ1) is 36.7. The van der Waals surface area contributed by atoms with Crippen molar-refractivity contribution in [3.05, 3.63) is 69.7 Å². The summed E-state index contributed by atoms with van der Waals surface area (Å²) in [7, 11) is 0. The summed E-state index contributed by atoms with van der Waals surface area (Å²) < 4.78 is 70.0. The number of benzene rings is 2. The Bertz CT molecular complexity index is 1300. The van der Waals surface area contributed by atoms with Gasteiger partial charge in [-0.15, -0.1) is 0 Å². The van der Waals surface area contributed by atoms with Gasteiger partial charge in [-0.25, -0.2) is 9.59 Å². The van der Waals surface area contributed by atoms with Crippen molar-refractivity contribution in [1.82, 2.24) is 15.1 Å². The van der Waals surface area contributed by atoms with Gasteiger partial charge in [-0.1, -0.05) is 41.8 Å². The van der Waals surface area contributed by atoms with E-state index >= 15 is 0 Å². The molecular weight excluding hydrogens is 641 g/mol. The minimum atomic E-state index is -5.08. The van der Waals surface area contributed by atoms with Gasteiger partial charge in [0.05, 0.1) is 15.6 Å². The molecule has 0 spiro atoms. The Kier molecular flexibility index (Phi) is 14.3. The standard InChI is InChI=1S/C26H29Cl2F3N4O2.C2HF3O2/c27-22-9-8-21(18-23(22)28)33-25(37)35-15-13-34(14-16-35)12-3-1-2-11-32-24(36)10-7-19-5-4-6-20(17-19)26(29,30)31;3-2(4,5)1(6)7/h4-10,17-18H,1-3,11-16H2,(H,32,36)(H,33,37);(H,6,7)/b10-7+;. The average Bonchev–Trinajstić information content (AvgIpc) is 2.95. The molecule has 8 nitrogen and oxygen atoms in total. The lowest BCUT2D eigenvalue weighted by atomic mass is 10.1. The van der Waals surface area contributed by atoms with Crippen LogP contribution in [0.1, 0.15) is 30.4 Å². The quantitative estimate of drug-likeness (QED) is 0.155. The fourth-order valence-corrected chi connectivity index (χ4v) is 4.15. The first-order chi connectivity index (χ1) is 20.6. The van der Waals surface area contributed by atoms with Crippen LogP contribution in [-0.2, 0) is 15.8 Å². The lowest BCUT2D eigenvalue weighted by Crippen LogP contribution is -2.50. The number of urea groups is 1. The number of aliphatic carboxylic acids is 1. The molecule has 1 aliphatic rings. The number of anilines is 1. The van der Waals surface area contributed by atoms with E-state index in [9.17, 15) is 35.9 Å². The average molecular weight is 671 g/mol. The number of amides is 3. The van der Waals surface area contributed by atoms with E-state index in [4.69, 9.17) is 33.1 Å². The highest BCUT2D eigenvalue weighted by Crippen LogP contribution is 2.29. The van der Waals surface area contributed by atoms with Gasteiger partial charge in [0.15, 0.2) is 0 Å². The Balaban J connectivity index is 0.000000860. The van der Waals surface area contributed by atoms with Crippen LogP contribution in [0.15, 0.2) is 48.5 Å². The Morgan fingerprint density at radius 3 is 2.14 bits per heavy atom. The molecule has 0 bridgehead atoms. The van der Waals surface area contributed by atoms with Crippen molar-refractivity contribution < 1.29 is 45.8 Å². The molecule has 0 radical (unpaired) electrons. The minimum absolute atomic E-state index is 0.170. The van der Waals surface area contributed by atoms with Crippen LogP contribution < -0.4 is 10.6 Å². The van der Waals surface area contributed by atoms with Crippen LogP contribution in [-0.4, -0.2) is 78.3 Å². The summed E-state index contributed by atoms with van der Waals surface area (Å²) in [6, 6.07) is 9.62. The van der Waals surface area contributed by atoms with Crippen molar-refractivity contribution in [2.75, 3.05) is 44.6 Å². The van der Waals surface area contributed by atoms with Crippen LogP contribution in [0, 0.1) is 0 Å². The summed E-state index contributed by atoms with van der Waals surface area (Å²) in [6.07, 6.45) is -4.19. The second-order valence-electron chi connectivity index (χ2n) is 9.50. The molecule has 0 aliphatic carbocycles. The monoisotopic (exact) mass is 670 g/mol. The largest absolute Gasteiger partial charge is 0.490 e. The van der Waals surface area contributed by atoms with Gasteiger partial charge < -0.3 is 20.6 Å². The number of nitrogens with one attached hydrogen (secondary N) is 2. The molecule has 3 amide bonds. The maximum Gasteiger partial charge on any atom is 0.490 e. The maximum absolute atomic E-state index is 12.8. The molecule has 0 saturated carbocycles. The minimum Gasteiger partial charge on any atom is -0.475 e. The maximum atomic E-state index is 12.8. The summed E-state index contributed by atoms with van der Waals surface area (Å²) >= 11 is 11.9. The highest BCUT2D eigenvalue weighted by molar-refractivity contribution is 6.42. The predicted octanol–water partition coefficient (Wildman–Crippen LogP) is 6.79. The zero-order valence-corrected chi connectivity index (χ0v) is 24.7. The molecule has 242 valence electrons. The topological polar surface area (TPSA) is 102 Å². The summed E-state index contributed by atoms with van der Waals surface area (Å²) in [5, 5.41) is 13.5. The molecule has 0 aromatic heterocycles. The number of piperazine rings is 1. The number of hydrogen-bond acceptors (Lipinski definition) is 4. The molecule has 1 saturated heterocycles. The number of carbonyl (C=O) groups is 3. The van der Waals surface area contributed by atoms with E-state index in [1.807, 2.05) is 0 Å². The van der Waals surface area contributed by atoms with E-state index in [2.05, 4.69) is 15.5 Å². The molecule has 1 aliphatic heterocycles. The lowest BCUT2D eigenvalue weighted by Gasteiger charge is -2.34. The Morgan fingerprint density at radius 1 is 0.886 bits per heavy atom. The van der Waals surface area contributed by atoms with Gasteiger partial charge in [0.2, 0.25) is 5.91 Å². The highest BCUT2D eigenvalue weighted by Gasteiger charge is 2.38. The Labute approximate surface area is 259 Å². The van der Waals surface area contributed by atoms with Gasteiger partial charge in [0.1, 0.15) is 0 Å². The molecule has 1 heterocycles. The van der Waals surface area contributed by atoms with E-state index in [0.29, 0.717) is 40.9 Å². The number of unbranched alkanes of at least 4 members (excludes halogenated alkanes) is 2. The van der Waals surface area contributed by atoms with E-state index in [-0.39, 0.29) is 11.9 Å². The molecule has 2 aromatic rings. The van der Waals surface area contributed by atoms with Crippen molar-refractivity contribution in [3.63, 3.8) is 0 Å². The number of halogens is 8. The molecule has 3 N–H and O–H groups in total. The van der Waals surface area contributed by atoms with Gasteiger partial charge in [-0.05, 0) is 61.4 Å². The lowest BCUT2D eigenvalue weighted by molar-refractivity contribution is -0.192. The number of hydrogen-bond donors (Lipinski definition) is 3. The molecule has 0 atom stereocenters. The van der Waals surface area contributed by atoms with Gasteiger partial charge in [-0.3, -0.25) is 9.69 Å². The van der Waals surface area contributed by atoms with E-state index in [0.717, 1.165) is 51.0 Å². The number of alkyl halides is 6. The highest BCUT2D eigenvalue weighted by atomic mass is 35.5. The Morgan fingerprint density at radius 2 is 1.55 bits per heavy atom. The summed E-state index contributed by atoms with van der Waals surface area (Å²) in [5.74, 6) is -3.10. The van der Waals surface area contributed by atoms with Crippen molar-refractivity contribution in [3.8, 4) is 0 Å². The van der Waals surface area contributed by atoms with Crippen molar-refractivity contribution in [1.29, 1.82) is 0 Å². The van der Waals surface area contributed by atoms with Crippen LogP contribution >= 0.6 is 23.2 Å². The first-order valence-corrected chi connectivity index (χ1v) is 14.0. The third-order valence-corrected chi connectivity index (χ3v) is 6.90. The van der Waals surface area contributed by atoms with Gasteiger partial charge in [0, 0.05) is 44.5 Å². The molecule has 44 heavy (non-hydrogen) atoms.